The zero-order valence-electron chi connectivity index (χ0n) is 14.5. The van der Waals surface area contributed by atoms with Crippen LogP contribution < -0.4 is 5.32 Å². The van der Waals surface area contributed by atoms with Gasteiger partial charge in [-0.1, -0.05) is 23.7 Å². The molecule has 8 heteroatoms. The summed E-state index contributed by atoms with van der Waals surface area (Å²) >= 11 is 5.88. The van der Waals surface area contributed by atoms with E-state index in [0.29, 0.717) is 16.3 Å². The fourth-order valence-electron chi connectivity index (χ4n) is 2.36. The van der Waals surface area contributed by atoms with E-state index in [1.54, 1.807) is 18.2 Å². The Hall–Kier alpha value is -1.96. The van der Waals surface area contributed by atoms with Crippen molar-refractivity contribution in [3.05, 3.63) is 64.4 Å². The number of rotatable bonds is 7. The Kier molecular flexibility index (Phi) is 6.75. The minimum absolute atomic E-state index is 0.00364. The van der Waals surface area contributed by atoms with Crippen molar-refractivity contribution in [2.75, 3.05) is 18.1 Å². The molecule has 0 saturated heterocycles. The summed E-state index contributed by atoms with van der Waals surface area (Å²) < 4.78 is 38.1. The van der Waals surface area contributed by atoms with Crippen molar-refractivity contribution >= 4 is 33.2 Å². The number of amides is 1. The Labute approximate surface area is 157 Å². The van der Waals surface area contributed by atoms with Gasteiger partial charge < -0.3 is 5.32 Å². The average Bonchev–Trinajstić information content (AvgIpc) is 2.54. The molecule has 0 aromatic heterocycles. The number of nitrogens with one attached hydrogen (secondary N) is 1. The summed E-state index contributed by atoms with van der Waals surface area (Å²) in [6.07, 6.45) is 1.08. The summed E-state index contributed by atoms with van der Waals surface area (Å²) in [5.74, 6) is -0.694. The molecule has 0 aliphatic carbocycles. The monoisotopic (exact) mass is 398 g/mol. The Morgan fingerprint density at radius 1 is 1.19 bits per heavy atom. The molecule has 2 aromatic carbocycles. The van der Waals surface area contributed by atoms with E-state index in [1.165, 1.54) is 28.6 Å². The van der Waals surface area contributed by atoms with Crippen LogP contribution in [0.3, 0.4) is 0 Å². The van der Waals surface area contributed by atoms with Gasteiger partial charge in [0.15, 0.2) is 0 Å². The molecule has 0 heterocycles. The normalized spacial score (nSPS) is 11.6. The van der Waals surface area contributed by atoms with Crippen LogP contribution in [0.1, 0.15) is 17.5 Å². The van der Waals surface area contributed by atoms with E-state index >= 15 is 0 Å². The van der Waals surface area contributed by atoms with Crippen LogP contribution >= 0.6 is 11.6 Å². The second-order valence-corrected chi connectivity index (χ2v) is 8.40. The first-order valence-corrected chi connectivity index (χ1v) is 10.1. The molecule has 1 amide bonds. The molecule has 0 saturated carbocycles. The van der Waals surface area contributed by atoms with E-state index in [4.69, 9.17) is 11.6 Å². The fraction of sp³-hybridized carbons (Fsp3) is 0.278. The smallest absolute Gasteiger partial charge is 0.225 e. The largest absolute Gasteiger partial charge is 0.326 e. The van der Waals surface area contributed by atoms with E-state index in [1.807, 2.05) is 6.92 Å². The van der Waals surface area contributed by atoms with Gasteiger partial charge in [-0.3, -0.25) is 4.79 Å². The van der Waals surface area contributed by atoms with Crippen molar-refractivity contribution in [1.82, 2.24) is 4.31 Å². The molecule has 5 nitrogen and oxygen atoms in total. The van der Waals surface area contributed by atoms with Crippen LogP contribution in [0, 0.1) is 12.7 Å². The average molecular weight is 399 g/mol. The number of nitrogens with zero attached hydrogens (tertiary/aromatic N) is 1. The first-order chi connectivity index (χ1) is 12.1. The third kappa shape index (κ3) is 6.09. The van der Waals surface area contributed by atoms with Gasteiger partial charge in [0.05, 0.1) is 6.26 Å². The molecule has 0 radical (unpaired) electrons. The second kappa shape index (κ2) is 8.62. The molecule has 0 unspecified atom stereocenters. The van der Waals surface area contributed by atoms with Crippen LogP contribution in [0.15, 0.2) is 42.5 Å². The van der Waals surface area contributed by atoms with E-state index in [9.17, 15) is 17.6 Å². The number of aryl methyl sites for hydroxylation is 1. The number of carbonyl (C=O) groups excluding carboxylic acids is 1. The van der Waals surface area contributed by atoms with Crippen molar-refractivity contribution in [3.8, 4) is 0 Å². The standard InChI is InChI=1S/C18H20ClFN2O3S/c1-13-11-15(19)5-8-17(13)21-18(23)9-10-22(26(2,24)25)12-14-3-6-16(20)7-4-14/h3-8,11H,9-10,12H2,1-2H3,(H,21,23). The molecular weight excluding hydrogens is 379 g/mol. The first kappa shape index (κ1) is 20.4. The second-order valence-electron chi connectivity index (χ2n) is 5.98. The minimum Gasteiger partial charge on any atom is -0.326 e. The van der Waals surface area contributed by atoms with Crippen molar-refractivity contribution in [1.29, 1.82) is 0 Å². The van der Waals surface area contributed by atoms with E-state index in [-0.39, 0.29) is 25.4 Å². The number of hydrogen-bond acceptors (Lipinski definition) is 3. The number of halogens is 2. The van der Waals surface area contributed by atoms with Crippen LogP contribution in [-0.2, 0) is 21.4 Å². The van der Waals surface area contributed by atoms with Crippen LogP contribution in [0.5, 0.6) is 0 Å². The number of hydrogen-bond donors (Lipinski definition) is 1. The van der Waals surface area contributed by atoms with Crippen molar-refractivity contribution in [3.63, 3.8) is 0 Å². The highest BCUT2D eigenvalue weighted by Crippen LogP contribution is 2.20. The maximum Gasteiger partial charge on any atom is 0.225 e. The topological polar surface area (TPSA) is 66.5 Å². The molecule has 0 bridgehead atoms. The molecular formula is C18H20ClFN2O3S. The summed E-state index contributed by atoms with van der Waals surface area (Å²) in [4.78, 5) is 12.2. The van der Waals surface area contributed by atoms with Gasteiger partial charge in [0.1, 0.15) is 5.82 Å². The van der Waals surface area contributed by atoms with Crippen molar-refractivity contribution in [2.24, 2.45) is 0 Å². The Bertz CT molecular complexity index is 886. The predicted octanol–water partition coefficient (Wildman–Crippen LogP) is 3.58. The first-order valence-electron chi connectivity index (χ1n) is 7.91. The van der Waals surface area contributed by atoms with Crippen molar-refractivity contribution in [2.45, 2.75) is 19.9 Å². The number of benzene rings is 2. The third-order valence-corrected chi connectivity index (χ3v) is 5.28. The lowest BCUT2D eigenvalue weighted by atomic mass is 10.2. The highest BCUT2D eigenvalue weighted by atomic mass is 35.5. The lowest BCUT2D eigenvalue weighted by Crippen LogP contribution is -2.32. The number of anilines is 1. The van der Waals surface area contributed by atoms with E-state index < -0.39 is 15.8 Å². The van der Waals surface area contributed by atoms with E-state index in [2.05, 4.69) is 5.32 Å². The Balaban J connectivity index is 2.00. The van der Waals surface area contributed by atoms with Gasteiger partial charge in [-0.2, -0.15) is 4.31 Å². The van der Waals surface area contributed by atoms with Crippen LogP contribution in [0.4, 0.5) is 10.1 Å². The summed E-state index contributed by atoms with van der Waals surface area (Å²) in [7, 11) is -3.51. The zero-order chi connectivity index (χ0) is 19.3. The summed E-state index contributed by atoms with van der Waals surface area (Å²) in [5.41, 5.74) is 2.09. The third-order valence-electron chi connectivity index (χ3n) is 3.79. The molecule has 0 fully saturated rings. The molecule has 140 valence electrons. The summed E-state index contributed by atoms with van der Waals surface area (Å²) in [6.45, 7) is 1.92. The van der Waals surface area contributed by atoms with Gasteiger partial charge >= 0.3 is 0 Å². The summed E-state index contributed by atoms with van der Waals surface area (Å²) in [6, 6.07) is 10.7. The zero-order valence-corrected chi connectivity index (χ0v) is 16.1. The highest BCUT2D eigenvalue weighted by Gasteiger charge is 2.18. The quantitative estimate of drug-likeness (QED) is 0.775. The number of carbonyl (C=O) groups is 1. The SMILES string of the molecule is Cc1cc(Cl)ccc1NC(=O)CCN(Cc1ccc(F)cc1)S(C)(=O)=O. The lowest BCUT2D eigenvalue weighted by molar-refractivity contribution is -0.116. The Morgan fingerprint density at radius 2 is 1.85 bits per heavy atom. The molecule has 2 rings (SSSR count). The van der Waals surface area contributed by atoms with E-state index in [0.717, 1.165) is 11.8 Å². The lowest BCUT2D eigenvalue weighted by Gasteiger charge is -2.20. The van der Waals surface area contributed by atoms with Gasteiger partial charge in [-0.05, 0) is 48.4 Å². The highest BCUT2D eigenvalue weighted by molar-refractivity contribution is 7.88. The maximum absolute atomic E-state index is 13.0. The minimum atomic E-state index is -3.51. The van der Waals surface area contributed by atoms with Crippen LogP contribution in [0.2, 0.25) is 5.02 Å². The van der Waals surface area contributed by atoms with Gasteiger partial charge in [-0.15, -0.1) is 0 Å². The van der Waals surface area contributed by atoms with Gasteiger partial charge in [0, 0.05) is 30.2 Å². The molecule has 0 aliphatic heterocycles. The summed E-state index contributed by atoms with van der Waals surface area (Å²) in [5, 5.41) is 3.32. The van der Waals surface area contributed by atoms with Crippen molar-refractivity contribution < 1.29 is 17.6 Å². The molecule has 0 atom stereocenters. The molecule has 2 aromatic rings. The molecule has 0 aliphatic rings. The van der Waals surface area contributed by atoms with Crippen LogP contribution in [0.25, 0.3) is 0 Å². The number of sulfonamides is 1. The molecule has 0 spiro atoms. The fourth-order valence-corrected chi connectivity index (χ4v) is 3.40. The van der Waals surface area contributed by atoms with Crippen LogP contribution in [-0.4, -0.2) is 31.4 Å². The Morgan fingerprint density at radius 3 is 2.42 bits per heavy atom. The van der Waals surface area contributed by atoms with Gasteiger partial charge in [0.25, 0.3) is 0 Å². The van der Waals surface area contributed by atoms with Gasteiger partial charge in [0.2, 0.25) is 15.9 Å². The molecule has 26 heavy (non-hydrogen) atoms. The predicted molar refractivity (Wildman–Crippen MR) is 101 cm³/mol. The molecule has 1 N–H and O–H groups in total. The maximum atomic E-state index is 13.0. The van der Waals surface area contributed by atoms with Gasteiger partial charge in [-0.25, -0.2) is 12.8 Å².